The lowest BCUT2D eigenvalue weighted by molar-refractivity contribution is 0.101. The lowest BCUT2D eigenvalue weighted by atomic mass is 9.96. The van der Waals surface area contributed by atoms with Gasteiger partial charge in [0.1, 0.15) is 0 Å². The Labute approximate surface area is 93.5 Å². The van der Waals surface area contributed by atoms with Gasteiger partial charge in [-0.1, -0.05) is 0 Å². The number of ketones is 1. The Morgan fingerprint density at radius 2 is 2.06 bits per heavy atom. The highest BCUT2D eigenvalue weighted by Crippen LogP contribution is 2.39. The molecule has 0 bridgehead atoms. The van der Waals surface area contributed by atoms with E-state index in [9.17, 15) is 15.0 Å². The number of hydrogen-bond acceptors (Lipinski definition) is 4. The van der Waals surface area contributed by atoms with Crippen molar-refractivity contribution in [2.75, 3.05) is 0 Å². The maximum Gasteiger partial charge on any atom is 0.200 e. The second kappa shape index (κ2) is 4.04. The summed E-state index contributed by atoms with van der Waals surface area (Å²) in [5.41, 5.74) is 0.338. The van der Waals surface area contributed by atoms with Crippen molar-refractivity contribution in [3.63, 3.8) is 0 Å². The summed E-state index contributed by atoms with van der Waals surface area (Å²) in [5.74, 6) is -0.595. The predicted octanol–water partition coefficient (Wildman–Crippen LogP) is 2.23. The zero-order chi connectivity index (χ0) is 11.7. The summed E-state index contributed by atoms with van der Waals surface area (Å²) in [6.45, 7) is 1.40. The zero-order valence-corrected chi connectivity index (χ0v) is 9.06. The minimum atomic E-state index is -0.318. The summed E-state index contributed by atoms with van der Waals surface area (Å²) >= 11 is 0. The quantitative estimate of drug-likeness (QED) is 0.608. The van der Waals surface area contributed by atoms with Crippen LogP contribution >= 0.6 is 0 Å². The molecule has 0 amide bonds. The molecule has 0 heterocycles. The van der Waals surface area contributed by atoms with Gasteiger partial charge in [-0.25, -0.2) is 0 Å². The van der Waals surface area contributed by atoms with E-state index in [-0.39, 0.29) is 29.1 Å². The molecule has 4 nitrogen and oxygen atoms in total. The van der Waals surface area contributed by atoms with Crippen molar-refractivity contribution in [1.29, 1.82) is 0 Å². The van der Waals surface area contributed by atoms with Crippen LogP contribution in [0.2, 0.25) is 0 Å². The number of rotatable bonds is 3. The summed E-state index contributed by atoms with van der Waals surface area (Å²) < 4.78 is 5.49. The number of ether oxygens (including phenoxy) is 1. The Balaban J connectivity index is 2.30. The highest BCUT2D eigenvalue weighted by atomic mass is 16.5. The van der Waals surface area contributed by atoms with Gasteiger partial charge in [0.05, 0.1) is 6.10 Å². The molecular weight excluding hydrogens is 208 g/mol. The second-order valence-corrected chi connectivity index (χ2v) is 4.07. The average Bonchev–Trinajstić information content (AvgIpc) is 2.17. The van der Waals surface area contributed by atoms with Gasteiger partial charge in [-0.2, -0.15) is 0 Å². The Kier molecular flexibility index (Phi) is 2.73. The van der Waals surface area contributed by atoms with Crippen LogP contribution in [0.15, 0.2) is 12.1 Å². The Morgan fingerprint density at radius 1 is 1.38 bits per heavy atom. The molecule has 1 aromatic rings. The fourth-order valence-corrected chi connectivity index (χ4v) is 1.55. The van der Waals surface area contributed by atoms with Crippen LogP contribution in [0.3, 0.4) is 0 Å². The SMILES string of the molecule is CC(=O)c1cc(O)c(O)c(OC2CCC2)c1. The van der Waals surface area contributed by atoms with Gasteiger partial charge >= 0.3 is 0 Å². The Hall–Kier alpha value is -1.71. The van der Waals surface area contributed by atoms with E-state index in [4.69, 9.17) is 4.74 Å². The van der Waals surface area contributed by atoms with Gasteiger partial charge in [0.25, 0.3) is 0 Å². The third-order valence-electron chi connectivity index (χ3n) is 2.81. The second-order valence-electron chi connectivity index (χ2n) is 4.07. The largest absolute Gasteiger partial charge is 0.504 e. The number of Topliss-reactive ketones (excluding diaryl/α,β-unsaturated/α-hetero) is 1. The van der Waals surface area contributed by atoms with Gasteiger partial charge < -0.3 is 14.9 Å². The molecule has 16 heavy (non-hydrogen) atoms. The van der Waals surface area contributed by atoms with Crippen LogP contribution in [0, 0.1) is 0 Å². The molecule has 0 saturated heterocycles. The normalized spacial score (nSPS) is 15.6. The highest BCUT2D eigenvalue weighted by Gasteiger charge is 2.22. The van der Waals surface area contributed by atoms with Gasteiger partial charge in [-0.05, 0) is 38.3 Å². The predicted molar refractivity (Wildman–Crippen MR) is 58.0 cm³/mol. The molecule has 2 N–H and O–H groups in total. The first-order chi connectivity index (χ1) is 7.58. The molecule has 1 aromatic carbocycles. The van der Waals surface area contributed by atoms with Gasteiger partial charge in [0, 0.05) is 5.56 Å². The first-order valence-electron chi connectivity index (χ1n) is 5.31. The maximum absolute atomic E-state index is 11.2. The van der Waals surface area contributed by atoms with Crippen LogP contribution in [0.5, 0.6) is 17.2 Å². The molecule has 4 heteroatoms. The van der Waals surface area contributed by atoms with E-state index < -0.39 is 0 Å². The van der Waals surface area contributed by atoms with E-state index in [0.29, 0.717) is 5.56 Å². The molecule has 86 valence electrons. The lowest BCUT2D eigenvalue weighted by Gasteiger charge is -2.26. The fraction of sp³-hybridized carbons (Fsp3) is 0.417. The number of phenolic OH excluding ortho intramolecular Hbond substituents is 2. The summed E-state index contributed by atoms with van der Waals surface area (Å²) in [7, 11) is 0. The number of carbonyl (C=O) groups is 1. The minimum absolute atomic E-state index is 0.0903. The molecule has 1 saturated carbocycles. The summed E-state index contributed by atoms with van der Waals surface area (Å²) in [5, 5.41) is 19.0. The molecule has 0 aliphatic heterocycles. The number of aromatic hydroxyl groups is 2. The number of hydrogen-bond donors (Lipinski definition) is 2. The molecule has 0 radical (unpaired) electrons. The van der Waals surface area contributed by atoms with Crippen LogP contribution in [0.4, 0.5) is 0 Å². The first-order valence-corrected chi connectivity index (χ1v) is 5.31. The molecule has 0 spiro atoms. The van der Waals surface area contributed by atoms with E-state index in [1.807, 2.05) is 0 Å². The monoisotopic (exact) mass is 222 g/mol. The maximum atomic E-state index is 11.2. The van der Waals surface area contributed by atoms with Crippen molar-refractivity contribution in [3.8, 4) is 17.2 Å². The van der Waals surface area contributed by atoms with Gasteiger partial charge in [-0.3, -0.25) is 4.79 Å². The molecule has 0 atom stereocenters. The highest BCUT2D eigenvalue weighted by molar-refractivity contribution is 5.95. The molecule has 1 aliphatic carbocycles. The van der Waals surface area contributed by atoms with Crippen molar-refractivity contribution in [2.24, 2.45) is 0 Å². The number of benzene rings is 1. The smallest absolute Gasteiger partial charge is 0.200 e. The van der Waals surface area contributed by atoms with Crippen molar-refractivity contribution >= 4 is 5.78 Å². The first kappa shape index (κ1) is 10.8. The van der Waals surface area contributed by atoms with Crippen molar-refractivity contribution in [3.05, 3.63) is 17.7 Å². The van der Waals surface area contributed by atoms with Gasteiger partial charge in [-0.15, -0.1) is 0 Å². The van der Waals surface area contributed by atoms with E-state index in [0.717, 1.165) is 19.3 Å². The van der Waals surface area contributed by atoms with Crippen LogP contribution in [-0.2, 0) is 0 Å². The van der Waals surface area contributed by atoms with Crippen molar-refractivity contribution in [2.45, 2.75) is 32.3 Å². The molecule has 1 aliphatic rings. The van der Waals surface area contributed by atoms with Crippen LogP contribution < -0.4 is 4.74 Å². The van der Waals surface area contributed by atoms with Crippen molar-refractivity contribution in [1.82, 2.24) is 0 Å². The molecular formula is C12H14O4. The molecule has 0 aromatic heterocycles. The average molecular weight is 222 g/mol. The Morgan fingerprint density at radius 3 is 2.56 bits per heavy atom. The summed E-state index contributed by atoms with van der Waals surface area (Å²) in [6.07, 6.45) is 3.10. The van der Waals surface area contributed by atoms with E-state index in [2.05, 4.69) is 0 Å². The molecule has 0 unspecified atom stereocenters. The van der Waals surface area contributed by atoms with Crippen LogP contribution in [0.1, 0.15) is 36.5 Å². The van der Waals surface area contributed by atoms with Gasteiger partial charge in [0.15, 0.2) is 17.3 Å². The van der Waals surface area contributed by atoms with E-state index >= 15 is 0 Å². The van der Waals surface area contributed by atoms with Crippen molar-refractivity contribution < 1.29 is 19.7 Å². The van der Waals surface area contributed by atoms with Gasteiger partial charge in [0.2, 0.25) is 5.75 Å². The van der Waals surface area contributed by atoms with Crippen LogP contribution in [-0.4, -0.2) is 22.1 Å². The topological polar surface area (TPSA) is 66.8 Å². The summed E-state index contributed by atoms with van der Waals surface area (Å²) in [6, 6.07) is 2.71. The molecule has 1 fully saturated rings. The third-order valence-corrected chi connectivity index (χ3v) is 2.81. The third kappa shape index (κ3) is 1.96. The standard InChI is InChI=1S/C12H14O4/c1-7(13)8-5-10(14)12(15)11(6-8)16-9-3-2-4-9/h5-6,9,14-15H,2-4H2,1H3. The number of carbonyl (C=O) groups excluding carboxylic acids is 1. The van der Waals surface area contributed by atoms with E-state index in [1.54, 1.807) is 0 Å². The van der Waals surface area contributed by atoms with Crippen LogP contribution in [0.25, 0.3) is 0 Å². The minimum Gasteiger partial charge on any atom is -0.504 e. The van der Waals surface area contributed by atoms with E-state index in [1.165, 1.54) is 19.1 Å². The molecule has 2 rings (SSSR count). The lowest BCUT2D eigenvalue weighted by Crippen LogP contribution is -2.24. The number of phenols is 2. The summed E-state index contributed by atoms with van der Waals surface area (Å²) in [4.78, 5) is 11.2. The fourth-order valence-electron chi connectivity index (χ4n) is 1.55. The Bertz CT molecular complexity index is 421. The zero-order valence-electron chi connectivity index (χ0n) is 9.06.